The molecule has 3 saturated heterocycles. The second-order valence-corrected chi connectivity index (χ2v) is 9.91. The molecule has 1 aromatic carbocycles. The van der Waals surface area contributed by atoms with Crippen LogP contribution in [0.2, 0.25) is 0 Å². The molecule has 9 heteroatoms. The molecule has 4 aliphatic rings. The maximum atomic E-state index is 13.3. The topological polar surface area (TPSA) is 102 Å². The Balaban J connectivity index is 1.20. The number of imide groups is 2. The van der Waals surface area contributed by atoms with Gasteiger partial charge in [0.25, 0.3) is 11.8 Å². The molecule has 0 aromatic heterocycles. The minimum absolute atomic E-state index is 0.123. The zero-order chi connectivity index (χ0) is 23.7. The molecule has 4 aliphatic heterocycles. The maximum Gasteiger partial charge on any atom is 0.262 e. The fourth-order valence-electron chi connectivity index (χ4n) is 5.66. The van der Waals surface area contributed by atoms with Gasteiger partial charge >= 0.3 is 0 Å². The van der Waals surface area contributed by atoms with Gasteiger partial charge in [-0.15, -0.1) is 0 Å². The van der Waals surface area contributed by atoms with Crippen molar-refractivity contribution in [2.45, 2.75) is 44.7 Å². The van der Waals surface area contributed by atoms with Gasteiger partial charge < -0.3 is 10.2 Å². The lowest BCUT2D eigenvalue weighted by atomic mass is 9.96. The number of hydrogen-bond donors (Lipinski definition) is 2. The molecule has 0 saturated carbocycles. The van der Waals surface area contributed by atoms with E-state index in [4.69, 9.17) is 0 Å². The van der Waals surface area contributed by atoms with Gasteiger partial charge in [0, 0.05) is 39.1 Å². The van der Waals surface area contributed by atoms with E-state index in [9.17, 15) is 19.2 Å². The van der Waals surface area contributed by atoms with Crippen LogP contribution in [0.3, 0.4) is 0 Å². The van der Waals surface area contributed by atoms with Gasteiger partial charge in [-0.1, -0.05) is 12.1 Å². The molecule has 34 heavy (non-hydrogen) atoms. The molecule has 0 radical (unpaired) electrons. The Labute approximate surface area is 199 Å². The van der Waals surface area contributed by atoms with Gasteiger partial charge in [-0.25, -0.2) is 0 Å². The molecule has 2 atom stereocenters. The molecule has 2 N–H and O–H groups in total. The highest BCUT2D eigenvalue weighted by atomic mass is 16.2. The molecule has 4 amide bonds. The Morgan fingerprint density at radius 3 is 2.47 bits per heavy atom. The van der Waals surface area contributed by atoms with Crippen LogP contribution >= 0.6 is 0 Å². The van der Waals surface area contributed by atoms with E-state index in [2.05, 4.69) is 20.4 Å². The molecule has 9 nitrogen and oxygen atoms in total. The van der Waals surface area contributed by atoms with Crippen LogP contribution in [0.4, 0.5) is 0 Å². The van der Waals surface area contributed by atoms with Crippen molar-refractivity contribution in [3.8, 4) is 0 Å². The van der Waals surface area contributed by atoms with Gasteiger partial charge in [-0.3, -0.25) is 34.3 Å². The van der Waals surface area contributed by atoms with Crippen molar-refractivity contribution in [2.75, 3.05) is 45.8 Å². The highest BCUT2D eigenvalue weighted by Gasteiger charge is 2.45. The number of carbonyl (C=O) groups is 4. The number of piperidine rings is 2. The standard InChI is InChI=1S/C25H33N5O4/c31-21-7-6-20(23(32)27-21)30-24(33)19-5-1-4-18(22(19)25(30)34)16-29-13-11-28(12-14-29)10-8-17-3-2-9-26-15-17/h1,4-5,17,20,26H,2-3,6-16H2,(H,27,31,32). The minimum Gasteiger partial charge on any atom is -0.316 e. The predicted molar refractivity (Wildman–Crippen MR) is 125 cm³/mol. The smallest absolute Gasteiger partial charge is 0.262 e. The van der Waals surface area contributed by atoms with Crippen LogP contribution in [0.1, 0.15) is 58.4 Å². The summed E-state index contributed by atoms with van der Waals surface area (Å²) in [5.74, 6) is -1.03. The first kappa shape index (κ1) is 23.1. The van der Waals surface area contributed by atoms with Gasteiger partial charge in [0.05, 0.1) is 11.1 Å². The van der Waals surface area contributed by atoms with Gasteiger partial charge in [0.2, 0.25) is 11.8 Å². The SMILES string of the molecule is O=C1CCC(N2C(=O)c3cccc(CN4CCN(CCC5CCCNC5)CC4)c3C2=O)C(=O)N1. The number of nitrogens with zero attached hydrogens (tertiary/aromatic N) is 3. The summed E-state index contributed by atoms with van der Waals surface area (Å²) in [6.45, 7) is 7.88. The van der Waals surface area contributed by atoms with E-state index in [-0.39, 0.29) is 18.7 Å². The zero-order valence-corrected chi connectivity index (χ0v) is 19.6. The Kier molecular flexibility index (Phi) is 6.76. The van der Waals surface area contributed by atoms with Crippen molar-refractivity contribution < 1.29 is 19.2 Å². The normalized spacial score (nSPS) is 26.6. The third kappa shape index (κ3) is 4.64. The van der Waals surface area contributed by atoms with E-state index >= 15 is 0 Å². The molecular weight excluding hydrogens is 434 g/mol. The molecule has 2 unspecified atom stereocenters. The zero-order valence-electron chi connectivity index (χ0n) is 19.6. The third-order valence-electron chi connectivity index (χ3n) is 7.67. The third-order valence-corrected chi connectivity index (χ3v) is 7.67. The first-order valence-electron chi connectivity index (χ1n) is 12.5. The first-order chi connectivity index (χ1) is 16.5. The number of amides is 4. The minimum atomic E-state index is -0.930. The number of piperazine rings is 1. The van der Waals surface area contributed by atoms with Gasteiger partial charge in [0.15, 0.2) is 0 Å². The van der Waals surface area contributed by atoms with Crippen molar-refractivity contribution in [3.05, 3.63) is 34.9 Å². The second-order valence-electron chi connectivity index (χ2n) is 9.91. The van der Waals surface area contributed by atoms with E-state index in [0.717, 1.165) is 62.2 Å². The summed E-state index contributed by atoms with van der Waals surface area (Å²) >= 11 is 0. The summed E-state index contributed by atoms with van der Waals surface area (Å²) in [5, 5.41) is 5.74. The van der Waals surface area contributed by atoms with E-state index in [1.807, 2.05) is 12.1 Å². The van der Waals surface area contributed by atoms with E-state index in [1.54, 1.807) is 6.07 Å². The van der Waals surface area contributed by atoms with Gasteiger partial charge in [-0.2, -0.15) is 0 Å². The van der Waals surface area contributed by atoms with E-state index in [0.29, 0.717) is 17.7 Å². The lowest BCUT2D eigenvalue weighted by Crippen LogP contribution is -2.54. The Morgan fingerprint density at radius 1 is 0.941 bits per heavy atom. The molecule has 0 bridgehead atoms. The van der Waals surface area contributed by atoms with E-state index < -0.39 is 23.8 Å². The van der Waals surface area contributed by atoms with Gasteiger partial charge in [-0.05, 0) is 62.9 Å². The fourth-order valence-corrected chi connectivity index (χ4v) is 5.66. The number of carbonyl (C=O) groups excluding carboxylic acids is 4. The van der Waals surface area contributed by atoms with Gasteiger partial charge in [0.1, 0.15) is 6.04 Å². The van der Waals surface area contributed by atoms with Crippen LogP contribution in [0.15, 0.2) is 18.2 Å². The van der Waals surface area contributed by atoms with Crippen molar-refractivity contribution in [3.63, 3.8) is 0 Å². The van der Waals surface area contributed by atoms with Crippen LogP contribution in [-0.2, 0) is 16.1 Å². The van der Waals surface area contributed by atoms with Crippen molar-refractivity contribution in [1.82, 2.24) is 25.3 Å². The quantitative estimate of drug-likeness (QED) is 0.591. The summed E-state index contributed by atoms with van der Waals surface area (Å²) in [4.78, 5) is 56.1. The maximum absolute atomic E-state index is 13.3. The Bertz CT molecular complexity index is 982. The lowest BCUT2D eigenvalue weighted by Gasteiger charge is -2.36. The number of fused-ring (bicyclic) bond motifs is 1. The fraction of sp³-hybridized carbons (Fsp3) is 0.600. The van der Waals surface area contributed by atoms with E-state index in [1.165, 1.54) is 19.3 Å². The summed E-state index contributed by atoms with van der Waals surface area (Å²) in [6.07, 6.45) is 4.14. The molecular formula is C25H33N5O4. The monoisotopic (exact) mass is 467 g/mol. The second kappa shape index (κ2) is 9.93. The first-order valence-corrected chi connectivity index (χ1v) is 12.5. The molecule has 0 aliphatic carbocycles. The molecule has 5 rings (SSSR count). The molecule has 182 valence electrons. The summed E-state index contributed by atoms with van der Waals surface area (Å²) in [7, 11) is 0. The van der Waals surface area contributed by atoms with Crippen LogP contribution in [0.25, 0.3) is 0 Å². The largest absolute Gasteiger partial charge is 0.316 e. The summed E-state index contributed by atoms with van der Waals surface area (Å²) in [6, 6.07) is 4.44. The number of nitrogens with one attached hydrogen (secondary N) is 2. The highest BCUT2D eigenvalue weighted by Crippen LogP contribution is 2.30. The summed E-state index contributed by atoms with van der Waals surface area (Å²) in [5.41, 5.74) is 1.59. The molecule has 1 aromatic rings. The van der Waals surface area contributed by atoms with Crippen LogP contribution in [-0.4, -0.2) is 90.2 Å². The number of rotatable bonds is 6. The number of benzene rings is 1. The Morgan fingerprint density at radius 2 is 1.74 bits per heavy atom. The number of hydrogen-bond acceptors (Lipinski definition) is 7. The van der Waals surface area contributed by atoms with Crippen LogP contribution in [0.5, 0.6) is 0 Å². The predicted octanol–water partition coefficient (Wildman–Crippen LogP) is 0.595. The van der Waals surface area contributed by atoms with Crippen molar-refractivity contribution in [2.24, 2.45) is 5.92 Å². The van der Waals surface area contributed by atoms with Crippen LogP contribution in [0, 0.1) is 5.92 Å². The molecule has 4 heterocycles. The average molecular weight is 468 g/mol. The molecule has 0 spiro atoms. The highest BCUT2D eigenvalue weighted by molar-refractivity contribution is 6.24. The lowest BCUT2D eigenvalue weighted by molar-refractivity contribution is -0.136. The summed E-state index contributed by atoms with van der Waals surface area (Å²) < 4.78 is 0. The molecule has 3 fully saturated rings. The Hall–Kier alpha value is -2.62. The van der Waals surface area contributed by atoms with Crippen molar-refractivity contribution in [1.29, 1.82) is 0 Å². The van der Waals surface area contributed by atoms with Crippen molar-refractivity contribution >= 4 is 23.6 Å². The average Bonchev–Trinajstić information content (AvgIpc) is 3.10. The van der Waals surface area contributed by atoms with Crippen LogP contribution < -0.4 is 10.6 Å².